The molecule has 1 aliphatic rings. The number of hydrogen-bond acceptors (Lipinski definition) is 3. The van der Waals surface area contributed by atoms with Gasteiger partial charge in [-0.2, -0.15) is 0 Å². The minimum Gasteiger partial charge on any atom is -0.394 e. The number of hydrogen-bond donors (Lipinski definition) is 1. The highest BCUT2D eigenvalue weighted by Crippen LogP contribution is 2.25. The molecule has 1 saturated heterocycles. The first-order valence-corrected chi connectivity index (χ1v) is 4.52. The highest BCUT2D eigenvalue weighted by molar-refractivity contribution is 6.02. The molecule has 0 aromatic rings. The van der Waals surface area contributed by atoms with Crippen LogP contribution in [-0.2, 0) is 9.59 Å². The topological polar surface area (TPSA) is 57.6 Å². The number of likely N-dealkylation sites (tertiary alicyclic amines) is 1. The first kappa shape index (κ1) is 10.2. The fourth-order valence-electron chi connectivity index (χ4n) is 1.52. The van der Waals surface area contributed by atoms with Crippen molar-refractivity contribution >= 4 is 11.8 Å². The molecule has 4 nitrogen and oxygen atoms in total. The predicted molar refractivity (Wildman–Crippen MR) is 46.9 cm³/mol. The zero-order valence-corrected chi connectivity index (χ0v) is 8.04. The lowest BCUT2D eigenvalue weighted by atomic mass is 9.98. The zero-order chi connectivity index (χ0) is 10.1. The summed E-state index contributed by atoms with van der Waals surface area (Å²) in [6.45, 7) is 3.42. The molecule has 1 unspecified atom stereocenters. The molecule has 13 heavy (non-hydrogen) atoms. The predicted octanol–water partition coefficient (Wildman–Crippen LogP) is 0.296. The molecule has 0 bridgehead atoms. The quantitative estimate of drug-likeness (QED) is 0.643. The Hall–Kier alpha value is -0.900. The smallest absolute Gasteiger partial charge is 0.230 e. The van der Waals surface area contributed by atoms with Gasteiger partial charge < -0.3 is 5.11 Å². The number of imide groups is 1. The fraction of sp³-hybridized carbons (Fsp3) is 0.778. The van der Waals surface area contributed by atoms with Crippen molar-refractivity contribution in [3.8, 4) is 0 Å². The van der Waals surface area contributed by atoms with E-state index in [1.807, 2.05) is 6.92 Å². The molecule has 74 valence electrons. The van der Waals surface area contributed by atoms with Gasteiger partial charge in [0, 0.05) is 12.8 Å². The maximum absolute atomic E-state index is 11.3. The Balaban J connectivity index is 2.90. The lowest BCUT2D eigenvalue weighted by Gasteiger charge is -2.34. The Labute approximate surface area is 77.5 Å². The average molecular weight is 185 g/mol. The van der Waals surface area contributed by atoms with Crippen LogP contribution in [0.15, 0.2) is 0 Å². The summed E-state index contributed by atoms with van der Waals surface area (Å²) < 4.78 is 0. The minimum absolute atomic E-state index is 0.164. The molecule has 0 saturated carbocycles. The average Bonchev–Trinajstić information content (AvgIpc) is 2.46. The second-order valence-electron chi connectivity index (χ2n) is 3.63. The summed E-state index contributed by atoms with van der Waals surface area (Å²) in [5.41, 5.74) is -0.704. The van der Waals surface area contributed by atoms with Crippen molar-refractivity contribution in [2.45, 2.75) is 38.6 Å². The number of amides is 2. The van der Waals surface area contributed by atoms with Gasteiger partial charge in [-0.1, -0.05) is 6.92 Å². The van der Waals surface area contributed by atoms with Gasteiger partial charge in [0.2, 0.25) is 11.8 Å². The lowest BCUT2D eigenvalue weighted by molar-refractivity contribution is -0.147. The van der Waals surface area contributed by atoms with Crippen molar-refractivity contribution in [3.63, 3.8) is 0 Å². The Kier molecular flexibility index (Phi) is 2.71. The van der Waals surface area contributed by atoms with E-state index in [1.165, 1.54) is 4.90 Å². The van der Waals surface area contributed by atoms with E-state index >= 15 is 0 Å². The molecule has 2 amide bonds. The molecule has 0 spiro atoms. The fourth-order valence-corrected chi connectivity index (χ4v) is 1.52. The number of carbonyl (C=O) groups excluding carboxylic acids is 2. The third-order valence-corrected chi connectivity index (χ3v) is 2.69. The number of aliphatic hydroxyl groups excluding tert-OH is 1. The van der Waals surface area contributed by atoms with Gasteiger partial charge in [0.15, 0.2) is 0 Å². The van der Waals surface area contributed by atoms with Crippen molar-refractivity contribution < 1.29 is 14.7 Å². The van der Waals surface area contributed by atoms with Crippen LogP contribution in [0, 0.1) is 0 Å². The normalized spacial score (nSPS) is 22.2. The maximum atomic E-state index is 11.3. The lowest BCUT2D eigenvalue weighted by Crippen LogP contribution is -2.51. The number of nitrogens with zero attached hydrogens (tertiary/aromatic N) is 1. The van der Waals surface area contributed by atoms with E-state index in [4.69, 9.17) is 5.11 Å². The van der Waals surface area contributed by atoms with Crippen LogP contribution in [0.4, 0.5) is 0 Å². The summed E-state index contributed by atoms with van der Waals surface area (Å²) in [7, 11) is 0. The van der Waals surface area contributed by atoms with Crippen LogP contribution in [0.1, 0.15) is 33.1 Å². The van der Waals surface area contributed by atoms with Gasteiger partial charge in [0.05, 0.1) is 12.1 Å². The summed E-state index contributed by atoms with van der Waals surface area (Å²) in [4.78, 5) is 23.9. The largest absolute Gasteiger partial charge is 0.394 e. The van der Waals surface area contributed by atoms with E-state index in [1.54, 1.807) is 6.92 Å². The maximum Gasteiger partial charge on any atom is 0.230 e. The molecule has 4 heteroatoms. The van der Waals surface area contributed by atoms with Gasteiger partial charge >= 0.3 is 0 Å². The van der Waals surface area contributed by atoms with E-state index in [0.717, 1.165) is 0 Å². The van der Waals surface area contributed by atoms with Crippen LogP contribution >= 0.6 is 0 Å². The van der Waals surface area contributed by atoms with Crippen LogP contribution in [0.3, 0.4) is 0 Å². The van der Waals surface area contributed by atoms with Gasteiger partial charge in [-0.3, -0.25) is 14.5 Å². The number of aliphatic hydroxyl groups is 1. The van der Waals surface area contributed by atoms with Crippen LogP contribution in [0.25, 0.3) is 0 Å². The Morgan fingerprint density at radius 1 is 1.38 bits per heavy atom. The van der Waals surface area contributed by atoms with E-state index < -0.39 is 5.54 Å². The Morgan fingerprint density at radius 2 is 1.85 bits per heavy atom. The van der Waals surface area contributed by atoms with Crippen LogP contribution < -0.4 is 0 Å². The molecule has 0 aliphatic carbocycles. The summed E-state index contributed by atoms with van der Waals surface area (Å²) in [6.07, 6.45) is 1.16. The van der Waals surface area contributed by atoms with Gasteiger partial charge in [-0.25, -0.2) is 0 Å². The molecular formula is C9H15NO3. The summed E-state index contributed by atoms with van der Waals surface area (Å²) in [5, 5.41) is 9.14. The monoisotopic (exact) mass is 185 g/mol. The second kappa shape index (κ2) is 3.46. The molecule has 0 aromatic carbocycles. The van der Waals surface area contributed by atoms with Gasteiger partial charge in [-0.15, -0.1) is 0 Å². The molecule has 1 heterocycles. The first-order chi connectivity index (χ1) is 6.05. The van der Waals surface area contributed by atoms with Gasteiger partial charge in [-0.05, 0) is 13.3 Å². The summed E-state index contributed by atoms with van der Waals surface area (Å²) >= 11 is 0. The van der Waals surface area contributed by atoms with Crippen LogP contribution in [0.2, 0.25) is 0 Å². The third-order valence-electron chi connectivity index (χ3n) is 2.69. The van der Waals surface area contributed by atoms with E-state index in [0.29, 0.717) is 6.42 Å². The number of rotatable bonds is 3. The minimum atomic E-state index is -0.704. The van der Waals surface area contributed by atoms with Gasteiger partial charge in [0.25, 0.3) is 0 Å². The molecule has 1 rings (SSSR count). The van der Waals surface area contributed by atoms with Gasteiger partial charge in [0.1, 0.15) is 0 Å². The van der Waals surface area contributed by atoms with Crippen molar-refractivity contribution in [2.24, 2.45) is 0 Å². The van der Waals surface area contributed by atoms with Crippen molar-refractivity contribution in [1.82, 2.24) is 4.90 Å². The molecule has 1 atom stereocenters. The van der Waals surface area contributed by atoms with Crippen LogP contribution in [0.5, 0.6) is 0 Å². The van der Waals surface area contributed by atoms with Crippen molar-refractivity contribution in [2.75, 3.05) is 6.61 Å². The van der Waals surface area contributed by atoms with Crippen molar-refractivity contribution in [1.29, 1.82) is 0 Å². The Morgan fingerprint density at radius 3 is 2.15 bits per heavy atom. The van der Waals surface area contributed by atoms with E-state index in [2.05, 4.69) is 0 Å². The molecule has 1 N–H and O–H groups in total. The SMILES string of the molecule is CCC(C)(CO)N1C(=O)CCC1=O. The Bertz CT molecular complexity index is 217. The van der Waals surface area contributed by atoms with E-state index in [9.17, 15) is 9.59 Å². The highest BCUT2D eigenvalue weighted by Gasteiger charge is 2.41. The summed E-state index contributed by atoms with van der Waals surface area (Å²) in [6, 6.07) is 0. The van der Waals surface area contributed by atoms with Crippen LogP contribution in [-0.4, -0.2) is 34.0 Å². The molecule has 1 aliphatic heterocycles. The zero-order valence-electron chi connectivity index (χ0n) is 8.04. The van der Waals surface area contributed by atoms with E-state index in [-0.39, 0.29) is 31.3 Å². The third kappa shape index (κ3) is 1.58. The number of carbonyl (C=O) groups is 2. The van der Waals surface area contributed by atoms with Crippen molar-refractivity contribution in [3.05, 3.63) is 0 Å². The molecule has 0 radical (unpaired) electrons. The molecular weight excluding hydrogens is 170 g/mol. The first-order valence-electron chi connectivity index (χ1n) is 4.52. The standard InChI is InChI=1S/C9H15NO3/c1-3-9(2,6-11)10-7(12)4-5-8(10)13/h11H,3-6H2,1-2H3. The molecule has 0 aromatic heterocycles. The summed E-state index contributed by atoms with van der Waals surface area (Å²) in [5.74, 6) is -0.327. The molecule has 1 fully saturated rings. The highest BCUT2D eigenvalue weighted by atomic mass is 16.3. The second-order valence-corrected chi connectivity index (χ2v) is 3.63.